The number of aliphatic carboxylic acids is 1. The van der Waals surface area contributed by atoms with E-state index in [1.807, 2.05) is 0 Å². The molecule has 1 fully saturated rings. The van der Waals surface area contributed by atoms with Gasteiger partial charge in [0.2, 0.25) is 0 Å². The van der Waals surface area contributed by atoms with Gasteiger partial charge in [0.15, 0.2) is 0 Å². The van der Waals surface area contributed by atoms with Crippen LogP contribution in [-0.2, 0) is 38.3 Å². The number of aromatic nitrogens is 1. The molecule has 2 atom stereocenters. The zero-order valence-electron chi connectivity index (χ0n) is 23.1. The van der Waals surface area contributed by atoms with Crippen LogP contribution < -0.4 is 10.6 Å². The van der Waals surface area contributed by atoms with Crippen molar-refractivity contribution in [3.05, 3.63) is 29.1 Å². The molecule has 38 heavy (non-hydrogen) atoms. The van der Waals surface area contributed by atoms with Gasteiger partial charge in [0.25, 0.3) is 0 Å². The van der Waals surface area contributed by atoms with Crippen molar-refractivity contribution in [2.24, 2.45) is 5.92 Å². The highest BCUT2D eigenvalue weighted by atomic mass is 16.6. The minimum atomic E-state index is -1.16. The highest BCUT2D eigenvalue weighted by molar-refractivity contribution is 5.79. The molecule has 0 aliphatic heterocycles. The number of carboxylic acids is 1. The molecule has 2 aliphatic carbocycles. The zero-order chi connectivity index (χ0) is 27.7. The molecule has 1 saturated carbocycles. The fourth-order valence-electron chi connectivity index (χ4n) is 4.72. The van der Waals surface area contributed by atoms with Crippen molar-refractivity contribution in [2.45, 2.75) is 109 Å². The Hall–Kier alpha value is -2.88. The number of fused-ring (bicyclic) bond motifs is 1. The lowest BCUT2D eigenvalue weighted by atomic mass is 9.79. The van der Waals surface area contributed by atoms with Gasteiger partial charge in [0.1, 0.15) is 17.7 Å². The molecule has 3 rings (SSSR count). The average Bonchev–Trinajstić information content (AvgIpc) is 2.81. The minimum Gasteiger partial charge on any atom is -0.480 e. The number of amides is 2. The van der Waals surface area contributed by atoms with E-state index < -0.39 is 35.9 Å². The van der Waals surface area contributed by atoms with Gasteiger partial charge in [-0.15, -0.1) is 0 Å². The van der Waals surface area contributed by atoms with Gasteiger partial charge >= 0.3 is 18.2 Å². The van der Waals surface area contributed by atoms with Crippen molar-refractivity contribution in [1.82, 2.24) is 15.6 Å². The van der Waals surface area contributed by atoms with E-state index in [9.17, 15) is 19.5 Å². The number of nitrogens with zero attached hydrogens (tertiary/aromatic N) is 1. The molecular weight excluding hydrogens is 490 g/mol. The minimum absolute atomic E-state index is 0.0363. The van der Waals surface area contributed by atoms with Crippen LogP contribution in [0.4, 0.5) is 9.59 Å². The molecule has 1 aromatic rings. The fraction of sp³-hybridized carbons (Fsp3) is 0.714. The fourth-order valence-corrected chi connectivity index (χ4v) is 4.72. The Kier molecular flexibility index (Phi) is 10.8. The lowest BCUT2D eigenvalue weighted by molar-refractivity contribution is -0.140. The Labute approximate surface area is 225 Å². The summed E-state index contributed by atoms with van der Waals surface area (Å²) in [5.74, 6) is -0.564. The second kappa shape index (κ2) is 13.8. The molecule has 2 unspecified atom stereocenters. The number of hydrogen-bond donors (Lipinski definition) is 3. The third-order valence-electron chi connectivity index (χ3n) is 6.83. The molecule has 10 heteroatoms. The Morgan fingerprint density at radius 3 is 2.58 bits per heavy atom. The Morgan fingerprint density at radius 1 is 1.13 bits per heavy atom. The normalized spacial score (nSPS) is 20.3. The number of carbonyl (C=O) groups excluding carboxylic acids is 2. The molecule has 0 spiro atoms. The van der Waals surface area contributed by atoms with Crippen molar-refractivity contribution >= 4 is 18.2 Å². The first-order chi connectivity index (χ1) is 18.0. The van der Waals surface area contributed by atoms with Crippen LogP contribution in [0.5, 0.6) is 0 Å². The van der Waals surface area contributed by atoms with E-state index in [-0.39, 0.29) is 25.7 Å². The van der Waals surface area contributed by atoms with E-state index in [4.69, 9.17) is 19.2 Å². The van der Waals surface area contributed by atoms with Crippen LogP contribution in [0, 0.1) is 5.92 Å². The monoisotopic (exact) mass is 533 g/mol. The van der Waals surface area contributed by atoms with Crippen molar-refractivity contribution < 1.29 is 33.7 Å². The van der Waals surface area contributed by atoms with Crippen LogP contribution in [0.1, 0.15) is 83.2 Å². The van der Waals surface area contributed by atoms with E-state index in [1.54, 1.807) is 27.7 Å². The molecule has 0 aromatic carbocycles. The van der Waals surface area contributed by atoms with Crippen molar-refractivity contribution in [2.75, 3.05) is 13.2 Å². The number of alkyl carbamates (subject to hydrolysis) is 2. The second-order valence-electron chi connectivity index (χ2n) is 11.4. The average molecular weight is 534 g/mol. The number of aryl methyl sites for hydroxylation is 3. The van der Waals surface area contributed by atoms with E-state index in [2.05, 4.69) is 22.8 Å². The summed E-state index contributed by atoms with van der Waals surface area (Å²) in [6, 6.07) is 3.28. The first kappa shape index (κ1) is 29.7. The largest absolute Gasteiger partial charge is 0.480 e. The van der Waals surface area contributed by atoms with E-state index in [0.717, 1.165) is 38.5 Å². The highest BCUT2D eigenvalue weighted by Gasteiger charge is 2.30. The number of pyridine rings is 1. The van der Waals surface area contributed by atoms with Crippen LogP contribution in [0.25, 0.3) is 0 Å². The maximum absolute atomic E-state index is 12.1. The quantitative estimate of drug-likeness (QED) is 0.364. The van der Waals surface area contributed by atoms with Crippen molar-refractivity contribution in [3.63, 3.8) is 0 Å². The van der Waals surface area contributed by atoms with Crippen molar-refractivity contribution in [3.8, 4) is 0 Å². The number of carbonyl (C=O) groups is 3. The molecule has 1 heterocycles. The molecule has 2 amide bonds. The molecule has 10 nitrogen and oxygen atoms in total. The summed E-state index contributed by atoms with van der Waals surface area (Å²) in [4.78, 5) is 40.3. The second-order valence-corrected chi connectivity index (χ2v) is 11.4. The van der Waals surface area contributed by atoms with Crippen LogP contribution in [0.15, 0.2) is 12.1 Å². The summed E-state index contributed by atoms with van der Waals surface area (Å²) in [5.41, 5.74) is 3.22. The molecule has 212 valence electrons. The highest BCUT2D eigenvalue weighted by Crippen LogP contribution is 2.34. The standard InChI is InChI=1S/C28H43N3O7/c1-18(17-29-26(34)38-28(2,3)4)37-27(35)31-24(25(32)33)13-14-36-22-15-19(16-22)9-11-21-12-10-20-7-5-6-8-23(20)30-21/h10,12,18-19,22,24H,5-9,11,13-17H2,1-4H3,(H,29,34)(H,31,35)(H,32,33). The Balaban J connectivity index is 1.28. The van der Waals surface area contributed by atoms with E-state index in [0.29, 0.717) is 5.92 Å². The lowest BCUT2D eigenvalue weighted by Gasteiger charge is -2.35. The number of nitrogens with one attached hydrogen (secondary N) is 2. The van der Waals surface area contributed by atoms with Gasteiger partial charge < -0.3 is 30.0 Å². The number of carboxylic acid groups (broad SMARTS) is 1. The number of ether oxygens (including phenoxy) is 3. The molecule has 3 N–H and O–H groups in total. The molecule has 1 aromatic heterocycles. The lowest BCUT2D eigenvalue weighted by Crippen LogP contribution is -2.44. The van der Waals surface area contributed by atoms with Crippen LogP contribution >= 0.6 is 0 Å². The third-order valence-corrected chi connectivity index (χ3v) is 6.83. The molecule has 0 saturated heterocycles. The third kappa shape index (κ3) is 10.1. The van der Waals surface area contributed by atoms with E-state index in [1.165, 1.54) is 29.8 Å². The van der Waals surface area contributed by atoms with Crippen LogP contribution in [0.2, 0.25) is 0 Å². The van der Waals surface area contributed by atoms with Gasteiger partial charge in [0.05, 0.1) is 12.6 Å². The zero-order valence-corrected chi connectivity index (χ0v) is 23.1. The first-order valence-corrected chi connectivity index (χ1v) is 13.7. The van der Waals surface area contributed by atoms with Gasteiger partial charge in [-0.3, -0.25) is 4.98 Å². The first-order valence-electron chi connectivity index (χ1n) is 13.7. The molecule has 0 bridgehead atoms. The van der Waals surface area contributed by atoms with Gasteiger partial charge in [-0.25, -0.2) is 14.4 Å². The molecular formula is C28H43N3O7. The summed E-state index contributed by atoms with van der Waals surface area (Å²) >= 11 is 0. The van der Waals surface area contributed by atoms with Gasteiger partial charge in [0, 0.05) is 24.4 Å². The smallest absolute Gasteiger partial charge is 0.408 e. The van der Waals surface area contributed by atoms with Gasteiger partial charge in [-0.2, -0.15) is 0 Å². The summed E-state index contributed by atoms with van der Waals surface area (Å²) in [6.07, 6.45) is 6.81. The SMILES string of the molecule is CC(CNC(=O)OC(C)(C)C)OC(=O)NC(CCOC1CC(CCc2ccc3c(n2)CCCC3)C1)C(=O)O. The summed E-state index contributed by atoms with van der Waals surface area (Å²) in [7, 11) is 0. The summed E-state index contributed by atoms with van der Waals surface area (Å²) in [6.45, 7) is 7.09. The van der Waals surface area contributed by atoms with E-state index >= 15 is 0 Å². The summed E-state index contributed by atoms with van der Waals surface area (Å²) in [5, 5.41) is 14.3. The molecule has 2 aliphatic rings. The number of hydrogen-bond acceptors (Lipinski definition) is 7. The predicted octanol–water partition coefficient (Wildman–Crippen LogP) is 4.17. The van der Waals surface area contributed by atoms with Gasteiger partial charge in [-0.1, -0.05) is 6.07 Å². The van der Waals surface area contributed by atoms with Crippen LogP contribution in [-0.4, -0.2) is 65.2 Å². The van der Waals surface area contributed by atoms with Gasteiger partial charge in [-0.05, 0) is 96.6 Å². The van der Waals surface area contributed by atoms with Crippen LogP contribution in [0.3, 0.4) is 0 Å². The summed E-state index contributed by atoms with van der Waals surface area (Å²) < 4.78 is 16.1. The number of rotatable bonds is 12. The Morgan fingerprint density at radius 2 is 1.87 bits per heavy atom. The predicted molar refractivity (Wildman–Crippen MR) is 141 cm³/mol. The Bertz CT molecular complexity index is 956. The molecule has 0 radical (unpaired) electrons. The van der Waals surface area contributed by atoms with Crippen molar-refractivity contribution in [1.29, 1.82) is 0 Å². The topological polar surface area (TPSA) is 136 Å². The maximum Gasteiger partial charge on any atom is 0.408 e. The maximum atomic E-state index is 12.1.